The topological polar surface area (TPSA) is 66.5 Å². The van der Waals surface area contributed by atoms with Crippen molar-refractivity contribution in [1.82, 2.24) is 19.9 Å². The van der Waals surface area contributed by atoms with Gasteiger partial charge < -0.3 is 10.3 Å². The number of rotatable bonds is 6. The number of hydrogen-bond acceptors (Lipinski definition) is 5. The van der Waals surface area contributed by atoms with Gasteiger partial charge >= 0.3 is 0 Å². The fourth-order valence-corrected chi connectivity index (χ4v) is 2.48. The Balaban J connectivity index is 2.23. The third-order valence-electron chi connectivity index (χ3n) is 2.47. The van der Waals surface area contributed by atoms with Gasteiger partial charge in [0, 0.05) is 24.5 Å². The van der Waals surface area contributed by atoms with Crippen molar-refractivity contribution in [2.45, 2.75) is 36.9 Å². The highest BCUT2D eigenvalue weighted by molar-refractivity contribution is 7.99. The molecule has 5 nitrogen and oxygen atoms in total. The van der Waals surface area contributed by atoms with Gasteiger partial charge in [0.25, 0.3) is 0 Å². The molecule has 0 aliphatic heterocycles. The molecule has 96 valence electrons. The second-order valence-corrected chi connectivity index (χ2v) is 4.76. The van der Waals surface area contributed by atoms with Crippen LogP contribution in [0.25, 0.3) is 0 Å². The van der Waals surface area contributed by atoms with Gasteiger partial charge in [-0.25, -0.2) is 15.0 Å². The van der Waals surface area contributed by atoms with E-state index in [0.29, 0.717) is 0 Å². The van der Waals surface area contributed by atoms with Crippen molar-refractivity contribution in [1.29, 1.82) is 0 Å². The molecule has 0 saturated heterocycles. The number of aromatic amines is 1. The lowest BCUT2D eigenvalue weighted by molar-refractivity contribution is 0.907. The first-order valence-corrected chi connectivity index (χ1v) is 6.91. The van der Waals surface area contributed by atoms with E-state index in [1.165, 1.54) is 11.8 Å². The van der Waals surface area contributed by atoms with Crippen LogP contribution in [0.4, 0.5) is 5.82 Å². The highest BCUT2D eigenvalue weighted by atomic mass is 32.2. The van der Waals surface area contributed by atoms with Gasteiger partial charge in [0.15, 0.2) is 5.16 Å². The summed E-state index contributed by atoms with van der Waals surface area (Å²) in [7, 11) is 0. The molecule has 0 aromatic carbocycles. The third-order valence-corrected chi connectivity index (χ3v) is 3.43. The Morgan fingerprint density at radius 1 is 1.28 bits per heavy atom. The second-order valence-electron chi connectivity index (χ2n) is 3.78. The zero-order valence-corrected chi connectivity index (χ0v) is 11.4. The van der Waals surface area contributed by atoms with Gasteiger partial charge in [-0.05, 0) is 24.6 Å². The van der Waals surface area contributed by atoms with Crippen molar-refractivity contribution in [3.63, 3.8) is 0 Å². The molecule has 0 amide bonds. The molecular formula is C12H17N5S. The molecule has 2 N–H and O–H groups in total. The monoisotopic (exact) mass is 263 g/mol. The molecule has 2 aromatic rings. The maximum absolute atomic E-state index is 4.34. The minimum Gasteiger partial charge on any atom is -0.370 e. The first kappa shape index (κ1) is 12.9. The average molecular weight is 263 g/mol. The first-order chi connectivity index (χ1) is 8.85. The van der Waals surface area contributed by atoms with Crippen LogP contribution in [0.2, 0.25) is 0 Å². The van der Waals surface area contributed by atoms with Crippen LogP contribution in [0, 0.1) is 0 Å². The van der Waals surface area contributed by atoms with Crippen LogP contribution in [0.3, 0.4) is 0 Å². The summed E-state index contributed by atoms with van der Waals surface area (Å²) in [6, 6.07) is 0. The van der Waals surface area contributed by atoms with E-state index in [1.807, 2.05) is 6.20 Å². The molecule has 0 atom stereocenters. The van der Waals surface area contributed by atoms with Gasteiger partial charge in [0.1, 0.15) is 17.2 Å². The van der Waals surface area contributed by atoms with E-state index in [4.69, 9.17) is 0 Å². The SMILES string of the molecule is CCCNc1ncnc(Sc2ncc[nH]2)c1CC. The van der Waals surface area contributed by atoms with Gasteiger partial charge in [-0.3, -0.25) is 0 Å². The number of nitrogens with zero attached hydrogens (tertiary/aromatic N) is 3. The molecule has 0 unspecified atom stereocenters. The number of imidazole rings is 1. The molecule has 0 aliphatic carbocycles. The van der Waals surface area contributed by atoms with Gasteiger partial charge in [0.05, 0.1) is 0 Å². The molecule has 0 saturated carbocycles. The van der Waals surface area contributed by atoms with E-state index < -0.39 is 0 Å². The highest BCUT2D eigenvalue weighted by Crippen LogP contribution is 2.29. The summed E-state index contributed by atoms with van der Waals surface area (Å²) < 4.78 is 0. The summed E-state index contributed by atoms with van der Waals surface area (Å²) in [5.41, 5.74) is 1.15. The van der Waals surface area contributed by atoms with Crippen LogP contribution in [0.1, 0.15) is 25.8 Å². The standard InChI is InChI=1S/C12H17N5S/c1-3-5-13-10-9(4-2)11(17-8-16-10)18-12-14-6-7-15-12/h6-8H,3-5H2,1-2H3,(H,14,15)(H,13,16,17). The molecular weight excluding hydrogens is 246 g/mol. The molecule has 0 bridgehead atoms. The lowest BCUT2D eigenvalue weighted by atomic mass is 10.2. The van der Waals surface area contributed by atoms with Crippen LogP contribution in [-0.2, 0) is 6.42 Å². The van der Waals surface area contributed by atoms with Crippen molar-refractivity contribution in [3.8, 4) is 0 Å². The Hall–Kier alpha value is -1.56. The average Bonchev–Trinajstić information content (AvgIpc) is 2.89. The summed E-state index contributed by atoms with van der Waals surface area (Å²) in [6.45, 7) is 5.18. The number of nitrogens with one attached hydrogen (secondary N) is 2. The van der Waals surface area contributed by atoms with Gasteiger partial charge in [-0.1, -0.05) is 13.8 Å². The number of hydrogen-bond donors (Lipinski definition) is 2. The van der Waals surface area contributed by atoms with E-state index in [2.05, 4.69) is 39.1 Å². The molecule has 0 radical (unpaired) electrons. The summed E-state index contributed by atoms with van der Waals surface area (Å²) in [5, 5.41) is 5.15. The largest absolute Gasteiger partial charge is 0.370 e. The van der Waals surface area contributed by atoms with Crippen molar-refractivity contribution in [2.75, 3.05) is 11.9 Å². The number of aromatic nitrogens is 4. The molecule has 0 fully saturated rings. The predicted molar refractivity (Wildman–Crippen MR) is 72.9 cm³/mol. The summed E-state index contributed by atoms with van der Waals surface area (Å²) >= 11 is 1.54. The Morgan fingerprint density at radius 2 is 2.17 bits per heavy atom. The van der Waals surface area contributed by atoms with Crippen molar-refractivity contribution in [3.05, 3.63) is 24.3 Å². The Morgan fingerprint density at radius 3 is 2.83 bits per heavy atom. The lowest BCUT2D eigenvalue weighted by Crippen LogP contribution is -2.07. The van der Waals surface area contributed by atoms with E-state index >= 15 is 0 Å². The lowest BCUT2D eigenvalue weighted by Gasteiger charge is -2.11. The van der Waals surface area contributed by atoms with Gasteiger partial charge in [0.2, 0.25) is 0 Å². The first-order valence-electron chi connectivity index (χ1n) is 6.10. The van der Waals surface area contributed by atoms with E-state index in [1.54, 1.807) is 12.5 Å². The van der Waals surface area contributed by atoms with Gasteiger partial charge in [-0.2, -0.15) is 0 Å². The third kappa shape index (κ3) is 3.01. The summed E-state index contributed by atoms with van der Waals surface area (Å²) in [5.74, 6) is 0.934. The fourth-order valence-electron chi connectivity index (χ4n) is 1.60. The summed E-state index contributed by atoms with van der Waals surface area (Å²) in [4.78, 5) is 15.9. The van der Waals surface area contributed by atoms with Crippen molar-refractivity contribution in [2.24, 2.45) is 0 Å². The molecule has 0 aliphatic rings. The molecule has 2 aromatic heterocycles. The Labute approximate surface area is 111 Å². The van der Waals surface area contributed by atoms with Gasteiger partial charge in [-0.15, -0.1) is 0 Å². The predicted octanol–water partition coefficient (Wildman–Crippen LogP) is 2.74. The highest BCUT2D eigenvalue weighted by Gasteiger charge is 2.11. The van der Waals surface area contributed by atoms with Crippen molar-refractivity contribution >= 4 is 17.6 Å². The van der Waals surface area contributed by atoms with Crippen LogP contribution in [0.5, 0.6) is 0 Å². The van der Waals surface area contributed by atoms with E-state index in [0.717, 1.165) is 41.0 Å². The minimum atomic E-state index is 0.852. The Kier molecular flexibility index (Phi) is 4.58. The molecule has 0 spiro atoms. The molecule has 2 rings (SSSR count). The number of H-pyrrole nitrogens is 1. The van der Waals surface area contributed by atoms with E-state index in [-0.39, 0.29) is 0 Å². The van der Waals surface area contributed by atoms with Crippen molar-refractivity contribution < 1.29 is 0 Å². The molecule has 6 heteroatoms. The minimum absolute atomic E-state index is 0.852. The smallest absolute Gasteiger partial charge is 0.171 e. The normalized spacial score (nSPS) is 10.6. The summed E-state index contributed by atoms with van der Waals surface area (Å²) in [6.07, 6.45) is 7.13. The van der Waals surface area contributed by atoms with Crippen LogP contribution >= 0.6 is 11.8 Å². The maximum atomic E-state index is 4.34. The van der Waals surface area contributed by atoms with Crippen LogP contribution in [0.15, 0.2) is 28.9 Å². The second kappa shape index (κ2) is 6.39. The zero-order chi connectivity index (χ0) is 12.8. The molecule has 18 heavy (non-hydrogen) atoms. The quantitative estimate of drug-likeness (QED) is 0.784. The zero-order valence-electron chi connectivity index (χ0n) is 10.6. The van der Waals surface area contributed by atoms with Crippen LogP contribution in [-0.4, -0.2) is 26.5 Å². The number of anilines is 1. The maximum Gasteiger partial charge on any atom is 0.171 e. The van der Waals surface area contributed by atoms with E-state index in [9.17, 15) is 0 Å². The van der Waals surface area contributed by atoms with Crippen LogP contribution < -0.4 is 5.32 Å². The Bertz CT molecular complexity index is 483. The fraction of sp³-hybridized carbons (Fsp3) is 0.417. The molecule has 2 heterocycles.